The maximum atomic E-state index is 12.2. The molecule has 3 rings (SSSR count). The van der Waals surface area contributed by atoms with Crippen LogP contribution in [0.3, 0.4) is 0 Å². The van der Waals surface area contributed by atoms with Crippen molar-refractivity contribution in [1.29, 1.82) is 0 Å². The molecule has 1 N–H and O–H groups in total. The molecule has 2 aliphatic heterocycles. The largest absolute Gasteiger partial charge is 0.296 e. The highest BCUT2D eigenvalue weighted by Gasteiger charge is 2.53. The Hall–Kier alpha value is -0.510. The number of carbonyl (C=O) groups excluding carboxylic acids is 2. The highest BCUT2D eigenvalue weighted by Crippen LogP contribution is 2.52. The number of hydrogen-bond acceptors (Lipinski definition) is 3. The summed E-state index contributed by atoms with van der Waals surface area (Å²) < 4.78 is 0. The third-order valence-electron chi connectivity index (χ3n) is 4.72. The molecule has 3 aliphatic rings. The maximum Gasteiger partial charge on any atom is 0.230 e. The van der Waals surface area contributed by atoms with E-state index in [0.29, 0.717) is 12.3 Å². The fourth-order valence-electron chi connectivity index (χ4n) is 3.98. The van der Waals surface area contributed by atoms with Crippen molar-refractivity contribution in [2.24, 2.45) is 17.3 Å². The summed E-state index contributed by atoms with van der Waals surface area (Å²) in [5, 5.41) is 2.57. The molecule has 2 heterocycles. The molecule has 0 aromatic heterocycles. The molecule has 4 heteroatoms. The molecule has 94 valence electrons. The molecule has 17 heavy (non-hydrogen) atoms. The average molecular weight is 253 g/mol. The van der Waals surface area contributed by atoms with Crippen molar-refractivity contribution in [3.05, 3.63) is 0 Å². The van der Waals surface area contributed by atoms with Crippen LogP contribution in [0.5, 0.6) is 0 Å². The summed E-state index contributed by atoms with van der Waals surface area (Å²) in [5.74, 6) is 2.73. The number of hydrogen-bond donors (Lipinski definition) is 1. The van der Waals surface area contributed by atoms with Gasteiger partial charge in [-0.2, -0.15) is 11.8 Å². The van der Waals surface area contributed by atoms with Gasteiger partial charge in [-0.1, -0.05) is 12.8 Å². The van der Waals surface area contributed by atoms with Gasteiger partial charge in [-0.05, 0) is 30.9 Å². The quantitative estimate of drug-likeness (QED) is 0.727. The van der Waals surface area contributed by atoms with Crippen molar-refractivity contribution >= 4 is 23.6 Å². The number of carbonyl (C=O) groups is 2. The van der Waals surface area contributed by atoms with E-state index in [0.717, 1.165) is 17.9 Å². The van der Waals surface area contributed by atoms with Gasteiger partial charge < -0.3 is 0 Å². The van der Waals surface area contributed by atoms with Gasteiger partial charge in [0.05, 0.1) is 0 Å². The van der Waals surface area contributed by atoms with Crippen molar-refractivity contribution in [1.82, 2.24) is 5.32 Å². The second-order valence-corrected chi connectivity index (χ2v) is 6.88. The lowest BCUT2D eigenvalue weighted by atomic mass is 9.64. The topological polar surface area (TPSA) is 46.2 Å². The Bertz CT molecular complexity index is 343. The zero-order chi connectivity index (χ0) is 11.9. The van der Waals surface area contributed by atoms with Crippen LogP contribution in [0.2, 0.25) is 0 Å². The zero-order valence-electron chi connectivity index (χ0n) is 10.0. The van der Waals surface area contributed by atoms with E-state index in [9.17, 15) is 9.59 Å². The molecule has 2 unspecified atom stereocenters. The Morgan fingerprint density at radius 2 is 2.00 bits per heavy atom. The van der Waals surface area contributed by atoms with E-state index >= 15 is 0 Å². The Balaban J connectivity index is 1.90. The first kappa shape index (κ1) is 11.6. The Morgan fingerprint density at radius 1 is 1.24 bits per heavy atom. The summed E-state index contributed by atoms with van der Waals surface area (Å²) in [4.78, 5) is 23.9. The van der Waals surface area contributed by atoms with Gasteiger partial charge in [0.1, 0.15) is 0 Å². The van der Waals surface area contributed by atoms with Gasteiger partial charge in [-0.15, -0.1) is 0 Å². The number of nitrogens with one attached hydrogen (secondary N) is 1. The van der Waals surface area contributed by atoms with Crippen molar-refractivity contribution in [2.75, 3.05) is 11.5 Å². The molecule has 3 nitrogen and oxygen atoms in total. The minimum absolute atomic E-state index is 0.000903. The Labute approximate surface area is 106 Å². The fraction of sp³-hybridized carbons (Fsp3) is 0.846. The first-order valence-corrected chi connectivity index (χ1v) is 7.78. The van der Waals surface area contributed by atoms with Gasteiger partial charge in [-0.25, -0.2) is 0 Å². The van der Waals surface area contributed by atoms with Gasteiger partial charge in [0.15, 0.2) is 0 Å². The van der Waals surface area contributed by atoms with Crippen molar-refractivity contribution in [2.45, 2.75) is 38.5 Å². The molecule has 0 radical (unpaired) electrons. The van der Waals surface area contributed by atoms with Crippen LogP contribution in [-0.4, -0.2) is 23.3 Å². The van der Waals surface area contributed by atoms with Gasteiger partial charge in [0.25, 0.3) is 0 Å². The number of amides is 2. The molecule has 0 aromatic carbocycles. The maximum absolute atomic E-state index is 12.2. The van der Waals surface area contributed by atoms with Crippen LogP contribution in [0.4, 0.5) is 0 Å². The lowest BCUT2D eigenvalue weighted by molar-refractivity contribution is -0.145. The van der Waals surface area contributed by atoms with Crippen LogP contribution < -0.4 is 5.32 Å². The van der Waals surface area contributed by atoms with Gasteiger partial charge >= 0.3 is 0 Å². The van der Waals surface area contributed by atoms with Gasteiger partial charge in [0, 0.05) is 23.5 Å². The van der Waals surface area contributed by atoms with E-state index in [1.807, 2.05) is 11.8 Å². The lowest BCUT2D eigenvalue weighted by Crippen LogP contribution is -2.54. The SMILES string of the molecule is O=C1CC2(CCSC2)C(C2CCCC2)C(=O)N1. The normalized spacial score (nSPS) is 38.9. The molecule has 0 aromatic rings. The summed E-state index contributed by atoms with van der Waals surface area (Å²) in [6.45, 7) is 0. The predicted molar refractivity (Wildman–Crippen MR) is 67.6 cm³/mol. The van der Waals surface area contributed by atoms with E-state index in [1.54, 1.807) is 0 Å². The second kappa shape index (κ2) is 4.30. The summed E-state index contributed by atoms with van der Waals surface area (Å²) in [7, 11) is 0. The molecule has 2 saturated heterocycles. The standard InChI is InChI=1S/C13H19NO2S/c15-10-7-13(5-6-17-8-13)11(12(16)14-10)9-3-1-2-4-9/h9,11H,1-8H2,(H,14,15,16). The molecule has 1 aliphatic carbocycles. The van der Waals surface area contributed by atoms with E-state index in [2.05, 4.69) is 5.32 Å². The Morgan fingerprint density at radius 3 is 2.65 bits per heavy atom. The summed E-state index contributed by atoms with van der Waals surface area (Å²) in [6, 6.07) is 0. The molecule has 1 saturated carbocycles. The summed E-state index contributed by atoms with van der Waals surface area (Å²) in [6.07, 6.45) is 6.50. The minimum Gasteiger partial charge on any atom is -0.296 e. The summed E-state index contributed by atoms with van der Waals surface area (Å²) >= 11 is 1.91. The van der Waals surface area contributed by atoms with Gasteiger partial charge in [-0.3, -0.25) is 14.9 Å². The first-order valence-electron chi connectivity index (χ1n) is 6.63. The highest BCUT2D eigenvalue weighted by molar-refractivity contribution is 7.99. The number of piperidine rings is 1. The molecule has 3 fully saturated rings. The third kappa shape index (κ3) is 1.90. The van der Waals surface area contributed by atoms with Crippen LogP contribution in [0.15, 0.2) is 0 Å². The predicted octanol–water partition coefficient (Wildman–Crippen LogP) is 1.96. The van der Waals surface area contributed by atoms with Crippen LogP contribution in [0.25, 0.3) is 0 Å². The molecule has 2 amide bonds. The van der Waals surface area contributed by atoms with Crippen LogP contribution in [0.1, 0.15) is 38.5 Å². The minimum atomic E-state index is -0.0493. The lowest BCUT2D eigenvalue weighted by Gasteiger charge is -2.42. The van der Waals surface area contributed by atoms with Crippen molar-refractivity contribution in [3.8, 4) is 0 Å². The molecule has 0 bridgehead atoms. The zero-order valence-corrected chi connectivity index (χ0v) is 10.9. The van der Waals surface area contributed by atoms with Crippen molar-refractivity contribution < 1.29 is 9.59 Å². The van der Waals surface area contributed by atoms with E-state index in [1.165, 1.54) is 25.7 Å². The van der Waals surface area contributed by atoms with Crippen LogP contribution in [-0.2, 0) is 9.59 Å². The van der Waals surface area contributed by atoms with E-state index < -0.39 is 0 Å². The highest BCUT2D eigenvalue weighted by atomic mass is 32.2. The summed E-state index contributed by atoms with van der Waals surface area (Å²) in [5.41, 5.74) is -0.000903. The fourth-order valence-corrected chi connectivity index (χ4v) is 5.51. The Kier molecular flexibility index (Phi) is 2.93. The average Bonchev–Trinajstić information content (AvgIpc) is 2.89. The third-order valence-corrected chi connectivity index (χ3v) is 5.99. The van der Waals surface area contributed by atoms with Crippen LogP contribution in [0, 0.1) is 17.3 Å². The van der Waals surface area contributed by atoms with E-state index in [4.69, 9.17) is 0 Å². The van der Waals surface area contributed by atoms with E-state index in [-0.39, 0.29) is 23.1 Å². The van der Waals surface area contributed by atoms with Crippen molar-refractivity contribution in [3.63, 3.8) is 0 Å². The van der Waals surface area contributed by atoms with Gasteiger partial charge in [0.2, 0.25) is 11.8 Å². The first-order chi connectivity index (χ1) is 8.21. The van der Waals surface area contributed by atoms with Crippen LogP contribution >= 0.6 is 11.8 Å². The molecule has 1 spiro atoms. The number of thioether (sulfide) groups is 1. The molecular weight excluding hydrogens is 234 g/mol. The smallest absolute Gasteiger partial charge is 0.230 e. The second-order valence-electron chi connectivity index (χ2n) is 5.78. The number of imide groups is 1. The molecular formula is C13H19NO2S. The monoisotopic (exact) mass is 253 g/mol. The molecule has 2 atom stereocenters. The number of rotatable bonds is 1.